The molecule has 3 aromatic rings. The number of carbonyl (C=O) groups is 1. The maximum absolute atomic E-state index is 13.6. The smallest absolute Gasteiger partial charge is 0.315 e. The van der Waals surface area contributed by atoms with Gasteiger partial charge in [0.2, 0.25) is 5.95 Å². The number of hydrogen-bond donors (Lipinski definition) is 3. The van der Waals surface area contributed by atoms with Gasteiger partial charge in [-0.05, 0) is 23.8 Å². The van der Waals surface area contributed by atoms with Crippen molar-refractivity contribution in [3.63, 3.8) is 0 Å². The van der Waals surface area contributed by atoms with Gasteiger partial charge in [-0.25, -0.2) is 19.2 Å². The average Bonchev–Trinajstić information content (AvgIpc) is 3.42. The van der Waals surface area contributed by atoms with Crippen LogP contribution in [-0.4, -0.2) is 53.5 Å². The largest absolute Gasteiger partial charge is 0.371 e. The fourth-order valence-electron chi connectivity index (χ4n) is 4.15. The standard InChI is InChI=1S/C24H24FN5O3/c25-17-8-4-7-16(11-17)18-9-10-26-23(28-18)29-19-13-32-22-20(14-33-21(19)22)30-24(31)27-12-15-5-2-1-3-6-15/h1-11,19-22H,12-14H2,(H,26,28,29)(H2,27,30,31)/t19-,20+,21-,22+/m0/s1. The maximum atomic E-state index is 13.6. The zero-order chi connectivity index (χ0) is 22.6. The van der Waals surface area contributed by atoms with E-state index in [1.54, 1.807) is 24.4 Å². The first kappa shape index (κ1) is 21.3. The molecule has 0 spiro atoms. The van der Waals surface area contributed by atoms with E-state index >= 15 is 0 Å². The molecular weight excluding hydrogens is 425 g/mol. The van der Waals surface area contributed by atoms with Gasteiger partial charge in [0.25, 0.3) is 0 Å². The van der Waals surface area contributed by atoms with Gasteiger partial charge in [0, 0.05) is 18.3 Å². The highest BCUT2D eigenvalue weighted by Gasteiger charge is 2.48. The molecule has 0 aliphatic carbocycles. The molecule has 2 aliphatic heterocycles. The van der Waals surface area contributed by atoms with E-state index in [1.165, 1.54) is 12.1 Å². The molecule has 8 nitrogen and oxygen atoms in total. The lowest BCUT2D eigenvalue weighted by Crippen LogP contribution is -2.48. The van der Waals surface area contributed by atoms with Crippen molar-refractivity contribution in [2.45, 2.75) is 30.8 Å². The van der Waals surface area contributed by atoms with E-state index in [2.05, 4.69) is 25.9 Å². The van der Waals surface area contributed by atoms with Crippen LogP contribution in [0.4, 0.5) is 15.1 Å². The summed E-state index contributed by atoms with van der Waals surface area (Å²) in [6, 6.07) is 17.0. The zero-order valence-electron chi connectivity index (χ0n) is 17.8. The van der Waals surface area contributed by atoms with Crippen molar-refractivity contribution in [2.24, 2.45) is 0 Å². The average molecular weight is 449 g/mol. The Bertz CT molecular complexity index is 1120. The van der Waals surface area contributed by atoms with Gasteiger partial charge >= 0.3 is 6.03 Å². The Morgan fingerprint density at radius 1 is 1.00 bits per heavy atom. The molecule has 33 heavy (non-hydrogen) atoms. The van der Waals surface area contributed by atoms with Crippen molar-refractivity contribution < 1.29 is 18.7 Å². The second-order valence-electron chi connectivity index (χ2n) is 8.04. The van der Waals surface area contributed by atoms with Gasteiger partial charge < -0.3 is 25.4 Å². The monoisotopic (exact) mass is 449 g/mol. The molecule has 1 aromatic heterocycles. The minimum Gasteiger partial charge on any atom is -0.371 e. The fraction of sp³-hybridized carbons (Fsp3) is 0.292. The molecule has 0 radical (unpaired) electrons. The van der Waals surface area contributed by atoms with Gasteiger partial charge in [-0.2, -0.15) is 0 Å². The normalized spacial score (nSPS) is 23.7. The molecule has 2 aromatic carbocycles. The van der Waals surface area contributed by atoms with E-state index in [1.807, 2.05) is 30.3 Å². The third kappa shape index (κ3) is 4.94. The number of ether oxygens (including phenoxy) is 2. The number of benzene rings is 2. The first-order valence-corrected chi connectivity index (χ1v) is 10.8. The van der Waals surface area contributed by atoms with E-state index in [4.69, 9.17) is 9.47 Å². The molecule has 2 fully saturated rings. The fourth-order valence-corrected chi connectivity index (χ4v) is 4.15. The number of nitrogens with zero attached hydrogens (tertiary/aromatic N) is 2. The van der Waals surface area contributed by atoms with Crippen LogP contribution in [0.3, 0.4) is 0 Å². The van der Waals surface area contributed by atoms with Crippen molar-refractivity contribution in [2.75, 3.05) is 18.5 Å². The summed E-state index contributed by atoms with van der Waals surface area (Å²) < 4.78 is 25.4. The van der Waals surface area contributed by atoms with Crippen LogP contribution in [0.15, 0.2) is 66.9 Å². The summed E-state index contributed by atoms with van der Waals surface area (Å²) in [5, 5.41) is 9.07. The molecule has 3 heterocycles. The minimum absolute atomic E-state index is 0.170. The van der Waals surface area contributed by atoms with Crippen molar-refractivity contribution in [1.82, 2.24) is 20.6 Å². The van der Waals surface area contributed by atoms with Crippen LogP contribution in [0, 0.1) is 5.82 Å². The quantitative estimate of drug-likeness (QED) is 0.536. The third-order valence-electron chi connectivity index (χ3n) is 5.76. The van der Waals surface area contributed by atoms with Crippen LogP contribution in [0.25, 0.3) is 11.3 Å². The highest BCUT2D eigenvalue weighted by Crippen LogP contribution is 2.29. The number of fused-ring (bicyclic) bond motifs is 1. The highest BCUT2D eigenvalue weighted by atomic mass is 19.1. The molecular formula is C24H24FN5O3. The molecule has 3 N–H and O–H groups in total. The van der Waals surface area contributed by atoms with Crippen molar-refractivity contribution in [1.29, 1.82) is 0 Å². The third-order valence-corrected chi connectivity index (χ3v) is 5.76. The van der Waals surface area contributed by atoms with E-state index in [9.17, 15) is 9.18 Å². The lowest BCUT2D eigenvalue weighted by Gasteiger charge is -2.18. The Hall–Kier alpha value is -3.56. The summed E-state index contributed by atoms with van der Waals surface area (Å²) in [6.45, 7) is 1.20. The Morgan fingerprint density at radius 3 is 2.61 bits per heavy atom. The second kappa shape index (κ2) is 9.51. The predicted molar refractivity (Wildman–Crippen MR) is 120 cm³/mol. The second-order valence-corrected chi connectivity index (χ2v) is 8.04. The lowest BCUT2D eigenvalue weighted by molar-refractivity contribution is 0.0682. The van der Waals surface area contributed by atoms with Crippen LogP contribution in [0.1, 0.15) is 5.56 Å². The lowest BCUT2D eigenvalue weighted by atomic mass is 10.1. The molecule has 0 bridgehead atoms. The topological polar surface area (TPSA) is 97.4 Å². The molecule has 0 saturated carbocycles. The summed E-state index contributed by atoms with van der Waals surface area (Å²) in [6.07, 6.45) is 1.11. The molecule has 4 atom stereocenters. The molecule has 2 amide bonds. The van der Waals surface area contributed by atoms with E-state index in [-0.39, 0.29) is 36.1 Å². The Morgan fingerprint density at radius 2 is 1.79 bits per heavy atom. The summed E-state index contributed by atoms with van der Waals surface area (Å²) in [7, 11) is 0. The number of urea groups is 1. The van der Waals surface area contributed by atoms with Crippen LogP contribution >= 0.6 is 0 Å². The van der Waals surface area contributed by atoms with Gasteiger partial charge in [0.1, 0.15) is 18.0 Å². The summed E-state index contributed by atoms with van der Waals surface area (Å²) in [4.78, 5) is 21.1. The number of amides is 2. The number of carbonyl (C=O) groups excluding carboxylic acids is 1. The summed E-state index contributed by atoms with van der Waals surface area (Å²) in [5.74, 6) is 0.0879. The van der Waals surface area contributed by atoms with Gasteiger partial charge in [-0.1, -0.05) is 42.5 Å². The molecule has 170 valence electrons. The van der Waals surface area contributed by atoms with Crippen molar-refractivity contribution in [3.8, 4) is 11.3 Å². The summed E-state index contributed by atoms with van der Waals surface area (Å²) >= 11 is 0. The van der Waals surface area contributed by atoms with Crippen LogP contribution in [0.2, 0.25) is 0 Å². The Balaban J connectivity index is 1.17. The van der Waals surface area contributed by atoms with E-state index in [0.29, 0.717) is 37.0 Å². The Labute approximate surface area is 190 Å². The first-order valence-electron chi connectivity index (χ1n) is 10.8. The number of aromatic nitrogens is 2. The number of anilines is 1. The predicted octanol–water partition coefficient (Wildman–Crippen LogP) is 2.73. The van der Waals surface area contributed by atoms with Crippen molar-refractivity contribution >= 4 is 12.0 Å². The first-order chi connectivity index (χ1) is 16.2. The molecule has 2 saturated heterocycles. The zero-order valence-corrected chi connectivity index (χ0v) is 17.8. The van der Waals surface area contributed by atoms with Gasteiger partial charge in [-0.15, -0.1) is 0 Å². The van der Waals surface area contributed by atoms with Crippen molar-refractivity contribution in [3.05, 3.63) is 78.2 Å². The maximum Gasteiger partial charge on any atom is 0.315 e. The van der Waals surface area contributed by atoms with Crippen LogP contribution in [-0.2, 0) is 16.0 Å². The van der Waals surface area contributed by atoms with Gasteiger partial charge in [0.15, 0.2) is 0 Å². The SMILES string of the molecule is O=C(NCc1ccccc1)N[C@@H]1CO[C@@H]2[C@@H]1OC[C@@H]2Nc1nccc(-c2cccc(F)c2)n1. The number of rotatable bonds is 6. The molecule has 5 rings (SSSR count). The van der Waals surface area contributed by atoms with Crippen LogP contribution < -0.4 is 16.0 Å². The highest BCUT2D eigenvalue weighted by molar-refractivity contribution is 5.74. The molecule has 9 heteroatoms. The Kier molecular flexibility index (Phi) is 6.14. The summed E-state index contributed by atoms with van der Waals surface area (Å²) in [5.41, 5.74) is 2.31. The van der Waals surface area contributed by atoms with Crippen LogP contribution in [0.5, 0.6) is 0 Å². The van der Waals surface area contributed by atoms with Gasteiger partial charge in [0.05, 0.1) is 31.0 Å². The van der Waals surface area contributed by atoms with E-state index in [0.717, 1.165) is 5.56 Å². The molecule has 2 aliphatic rings. The van der Waals surface area contributed by atoms with E-state index < -0.39 is 0 Å². The molecule has 0 unspecified atom stereocenters. The number of halogens is 1. The number of nitrogens with one attached hydrogen (secondary N) is 3. The number of hydrogen-bond acceptors (Lipinski definition) is 6. The minimum atomic E-state index is -0.321. The van der Waals surface area contributed by atoms with Gasteiger partial charge in [-0.3, -0.25) is 0 Å².